The van der Waals surface area contributed by atoms with E-state index in [1.54, 1.807) is 29.2 Å². The van der Waals surface area contributed by atoms with Crippen molar-refractivity contribution < 1.29 is 0 Å². The number of thiophene rings is 1. The van der Waals surface area contributed by atoms with E-state index in [9.17, 15) is 4.79 Å². The van der Waals surface area contributed by atoms with Gasteiger partial charge < -0.3 is 5.43 Å². The fourth-order valence-electron chi connectivity index (χ4n) is 1.82. The minimum atomic E-state index is -0.0482. The zero-order valence-corrected chi connectivity index (χ0v) is 10.7. The number of pyridine rings is 1. The highest BCUT2D eigenvalue weighted by Crippen LogP contribution is 2.13. The molecular formula is C12H11N5OS. The van der Waals surface area contributed by atoms with Crippen LogP contribution in [0.1, 0.15) is 5.69 Å². The summed E-state index contributed by atoms with van der Waals surface area (Å²) in [6.45, 7) is 0.370. The maximum Gasteiger partial charge on any atom is 0.271 e. The van der Waals surface area contributed by atoms with Crippen molar-refractivity contribution in [3.63, 3.8) is 0 Å². The number of hydrazine groups is 1. The standard InChI is InChI=1S/C12H11N5OS/c13-16-8-1-3-14-9(5-8)6-17-7-15-10-2-4-19-11(10)12(17)18/h1-5,7H,6,13H2,(H,14,16). The SMILES string of the molecule is NNc1ccnc(Cn2cnc3ccsc3c2=O)c1. The van der Waals surface area contributed by atoms with Crippen molar-refractivity contribution in [3.8, 4) is 0 Å². The summed E-state index contributed by atoms with van der Waals surface area (Å²) in [6.07, 6.45) is 3.19. The molecule has 0 aliphatic heterocycles. The molecule has 96 valence electrons. The maximum atomic E-state index is 12.2. The summed E-state index contributed by atoms with van der Waals surface area (Å²) in [7, 11) is 0. The van der Waals surface area contributed by atoms with E-state index in [1.165, 1.54) is 11.3 Å². The van der Waals surface area contributed by atoms with Crippen LogP contribution in [0, 0.1) is 0 Å². The third kappa shape index (κ3) is 2.20. The Hall–Kier alpha value is -2.25. The van der Waals surface area contributed by atoms with Crippen molar-refractivity contribution in [2.75, 3.05) is 5.43 Å². The first-order chi connectivity index (χ1) is 9.28. The van der Waals surface area contributed by atoms with Crippen LogP contribution in [-0.4, -0.2) is 14.5 Å². The predicted octanol–water partition coefficient (Wildman–Crippen LogP) is 1.19. The lowest BCUT2D eigenvalue weighted by molar-refractivity contribution is 0.731. The molecule has 0 atom stereocenters. The van der Waals surface area contributed by atoms with Gasteiger partial charge in [0.05, 0.1) is 29.8 Å². The van der Waals surface area contributed by atoms with E-state index in [0.717, 1.165) is 16.9 Å². The van der Waals surface area contributed by atoms with Gasteiger partial charge in [0.15, 0.2) is 0 Å². The van der Waals surface area contributed by atoms with Gasteiger partial charge in [-0.3, -0.25) is 20.2 Å². The molecule has 0 aromatic carbocycles. The van der Waals surface area contributed by atoms with Gasteiger partial charge in [0.2, 0.25) is 0 Å². The van der Waals surface area contributed by atoms with Gasteiger partial charge >= 0.3 is 0 Å². The number of aromatic nitrogens is 3. The molecule has 0 aliphatic carbocycles. The second-order valence-corrected chi connectivity index (χ2v) is 4.91. The highest BCUT2D eigenvalue weighted by Gasteiger charge is 2.06. The van der Waals surface area contributed by atoms with Crippen molar-refractivity contribution in [1.29, 1.82) is 0 Å². The average Bonchev–Trinajstić information content (AvgIpc) is 2.91. The number of anilines is 1. The molecule has 6 nitrogen and oxygen atoms in total. The number of nitrogens with one attached hydrogen (secondary N) is 1. The number of nitrogens with zero attached hydrogens (tertiary/aromatic N) is 3. The molecule has 0 saturated heterocycles. The largest absolute Gasteiger partial charge is 0.324 e. The summed E-state index contributed by atoms with van der Waals surface area (Å²) in [4.78, 5) is 20.7. The van der Waals surface area contributed by atoms with E-state index in [0.29, 0.717) is 11.2 Å². The molecule has 7 heteroatoms. The van der Waals surface area contributed by atoms with Crippen molar-refractivity contribution >= 4 is 27.2 Å². The van der Waals surface area contributed by atoms with E-state index in [1.807, 2.05) is 11.4 Å². The van der Waals surface area contributed by atoms with Crippen LogP contribution in [0.2, 0.25) is 0 Å². The number of nitrogen functional groups attached to an aromatic ring is 1. The Labute approximate surface area is 112 Å². The summed E-state index contributed by atoms with van der Waals surface area (Å²) < 4.78 is 2.21. The van der Waals surface area contributed by atoms with E-state index < -0.39 is 0 Å². The molecular weight excluding hydrogens is 262 g/mol. The van der Waals surface area contributed by atoms with Crippen LogP contribution in [-0.2, 0) is 6.54 Å². The van der Waals surface area contributed by atoms with Crippen LogP contribution < -0.4 is 16.8 Å². The van der Waals surface area contributed by atoms with Gasteiger partial charge in [0, 0.05) is 6.20 Å². The van der Waals surface area contributed by atoms with Gasteiger partial charge in [0.1, 0.15) is 4.70 Å². The lowest BCUT2D eigenvalue weighted by Gasteiger charge is -2.06. The zero-order chi connectivity index (χ0) is 13.2. The van der Waals surface area contributed by atoms with E-state index >= 15 is 0 Å². The monoisotopic (exact) mass is 273 g/mol. The molecule has 3 N–H and O–H groups in total. The number of nitrogens with two attached hydrogens (primary N) is 1. The van der Waals surface area contributed by atoms with E-state index in [2.05, 4.69) is 15.4 Å². The lowest BCUT2D eigenvalue weighted by Crippen LogP contribution is -2.20. The minimum Gasteiger partial charge on any atom is -0.324 e. The van der Waals surface area contributed by atoms with Crippen molar-refractivity contribution in [2.24, 2.45) is 5.84 Å². The molecule has 3 heterocycles. The predicted molar refractivity (Wildman–Crippen MR) is 75.0 cm³/mol. The molecule has 3 rings (SSSR count). The Balaban J connectivity index is 2.00. The number of fused-ring (bicyclic) bond motifs is 1. The van der Waals surface area contributed by atoms with Crippen molar-refractivity contribution in [3.05, 3.63) is 52.2 Å². The van der Waals surface area contributed by atoms with Gasteiger partial charge in [0.25, 0.3) is 5.56 Å². The van der Waals surface area contributed by atoms with Gasteiger partial charge in [-0.2, -0.15) is 0 Å². The quantitative estimate of drug-likeness (QED) is 0.553. The Morgan fingerprint density at radius 3 is 3.11 bits per heavy atom. The minimum absolute atomic E-state index is 0.0482. The lowest BCUT2D eigenvalue weighted by atomic mass is 10.3. The highest BCUT2D eigenvalue weighted by molar-refractivity contribution is 7.17. The summed E-state index contributed by atoms with van der Waals surface area (Å²) in [5.41, 5.74) is 4.74. The van der Waals surface area contributed by atoms with Crippen molar-refractivity contribution in [1.82, 2.24) is 14.5 Å². The van der Waals surface area contributed by atoms with Crippen LogP contribution in [0.5, 0.6) is 0 Å². The Kier molecular flexibility index (Phi) is 2.98. The average molecular weight is 273 g/mol. The molecule has 0 radical (unpaired) electrons. The second kappa shape index (κ2) is 4.79. The van der Waals surface area contributed by atoms with Crippen LogP contribution in [0.4, 0.5) is 5.69 Å². The molecule has 19 heavy (non-hydrogen) atoms. The highest BCUT2D eigenvalue weighted by atomic mass is 32.1. The Morgan fingerprint density at radius 1 is 1.37 bits per heavy atom. The maximum absolute atomic E-state index is 12.2. The summed E-state index contributed by atoms with van der Waals surface area (Å²) in [5.74, 6) is 5.35. The van der Waals surface area contributed by atoms with Gasteiger partial charge in [-0.25, -0.2) is 4.98 Å². The first-order valence-corrected chi connectivity index (χ1v) is 6.50. The summed E-state index contributed by atoms with van der Waals surface area (Å²) in [5, 5.41) is 1.86. The molecule has 0 unspecified atom stereocenters. The molecule has 3 aromatic heterocycles. The van der Waals surface area contributed by atoms with Crippen LogP contribution in [0.25, 0.3) is 10.2 Å². The smallest absolute Gasteiger partial charge is 0.271 e. The third-order valence-electron chi connectivity index (χ3n) is 2.75. The second-order valence-electron chi connectivity index (χ2n) is 3.99. The fraction of sp³-hybridized carbons (Fsp3) is 0.0833. The van der Waals surface area contributed by atoms with E-state index in [4.69, 9.17) is 5.84 Å². The van der Waals surface area contributed by atoms with Crippen LogP contribution >= 0.6 is 11.3 Å². The first-order valence-electron chi connectivity index (χ1n) is 5.62. The molecule has 3 aromatic rings. The molecule has 0 amide bonds. The summed E-state index contributed by atoms with van der Waals surface area (Å²) in [6, 6.07) is 5.39. The molecule has 0 bridgehead atoms. The topological polar surface area (TPSA) is 85.8 Å². The Morgan fingerprint density at radius 2 is 2.26 bits per heavy atom. The molecule has 0 fully saturated rings. The van der Waals surface area contributed by atoms with Crippen molar-refractivity contribution in [2.45, 2.75) is 6.54 Å². The first kappa shape index (κ1) is 11.8. The van der Waals surface area contributed by atoms with E-state index in [-0.39, 0.29) is 5.56 Å². The number of rotatable bonds is 3. The number of hydrogen-bond acceptors (Lipinski definition) is 6. The summed E-state index contributed by atoms with van der Waals surface area (Å²) >= 11 is 1.40. The number of hydrogen-bond donors (Lipinski definition) is 2. The van der Waals surface area contributed by atoms with Gasteiger partial charge in [-0.15, -0.1) is 11.3 Å². The molecule has 0 saturated carbocycles. The zero-order valence-electron chi connectivity index (χ0n) is 9.91. The molecule has 0 aliphatic rings. The third-order valence-corrected chi connectivity index (χ3v) is 3.64. The van der Waals surface area contributed by atoms with Crippen LogP contribution in [0.3, 0.4) is 0 Å². The fourth-order valence-corrected chi connectivity index (χ4v) is 2.61. The van der Waals surface area contributed by atoms with Gasteiger partial charge in [-0.1, -0.05) is 0 Å². The molecule has 0 spiro atoms. The van der Waals surface area contributed by atoms with Crippen LogP contribution in [0.15, 0.2) is 40.9 Å². The van der Waals surface area contributed by atoms with Gasteiger partial charge in [-0.05, 0) is 23.6 Å². The Bertz CT molecular complexity index is 779. The normalized spacial score (nSPS) is 10.8.